The summed E-state index contributed by atoms with van der Waals surface area (Å²) in [7, 11) is 0. The van der Waals surface area contributed by atoms with Crippen molar-refractivity contribution in [2.75, 3.05) is 6.54 Å². The maximum Gasteiger partial charge on any atom is 0.289 e. The molecule has 0 aromatic carbocycles. The van der Waals surface area contributed by atoms with Crippen LogP contribution in [0.3, 0.4) is 0 Å². The second kappa shape index (κ2) is 7.57. The van der Waals surface area contributed by atoms with E-state index in [2.05, 4.69) is 16.0 Å². The zero-order valence-corrected chi connectivity index (χ0v) is 14.5. The summed E-state index contributed by atoms with van der Waals surface area (Å²) in [5, 5.41) is 7.75. The van der Waals surface area contributed by atoms with Crippen LogP contribution in [0.15, 0.2) is 0 Å². The molecule has 3 amide bonds. The van der Waals surface area contributed by atoms with E-state index in [9.17, 15) is 19.2 Å². The molecule has 0 aromatic rings. The summed E-state index contributed by atoms with van der Waals surface area (Å²) >= 11 is 0. The zero-order valence-electron chi connectivity index (χ0n) is 14.5. The zero-order chi connectivity index (χ0) is 17.8. The van der Waals surface area contributed by atoms with Crippen molar-refractivity contribution in [1.29, 1.82) is 0 Å². The Hall–Kier alpha value is -1.92. The molecule has 0 aliphatic carbocycles. The minimum atomic E-state index is -0.822. The number of carbonyl (C=O) groups is 4. The maximum absolute atomic E-state index is 12.4. The fourth-order valence-electron chi connectivity index (χ4n) is 2.35. The Bertz CT molecular complexity index is 494. The second-order valence-electron chi connectivity index (χ2n) is 7.50. The average molecular weight is 325 g/mol. The van der Waals surface area contributed by atoms with Crippen molar-refractivity contribution in [3.63, 3.8) is 0 Å². The van der Waals surface area contributed by atoms with Crippen LogP contribution >= 0.6 is 0 Å². The molecule has 7 heteroatoms. The van der Waals surface area contributed by atoms with Crippen LogP contribution in [0.1, 0.15) is 47.5 Å². The van der Waals surface area contributed by atoms with Gasteiger partial charge in [0.1, 0.15) is 6.04 Å². The van der Waals surface area contributed by atoms with E-state index < -0.39 is 29.7 Å². The predicted molar refractivity (Wildman–Crippen MR) is 85.4 cm³/mol. The molecule has 0 bridgehead atoms. The van der Waals surface area contributed by atoms with E-state index >= 15 is 0 Å². The molecular formula is C16H27N3O4. The highest BCUT2D eigenvalue weighted by atomic mass is 16.2. The van der Waals surface area contributed by atoms with E-state index in [1.165, 1.54) is 0 Å². The Morgan fingerprint density at radius 2 is 1.87 bits per heavy atom. The molecule has 2 unspecified atom stereocenters. The first kappa shape index (κ1) is 19.1. The number of piperidine rings is 1. The van der Waals surface area contributed by atoms with Crippen LogP contribution in [0.5, 0.6) is 0 Å². The van der Waals surface area contributed by atoms with E-state index in [4.69, 9.17) is 0 Å². The van der Waals surface area contributed by atoms with Gasteiger partial charge in [-0.3, -0.25) is 19.2 Å². The van der Waals surface area contributed by atoms with Gasteiger partial charge in [-0.1, -0.05) is 34.6 Å². The van der Waals surface area contributed by atoms with Crippen LogP contribution in [-0.2, 0) is 19.2 Å². The van der Waals surface area contributed by atoms with Gasteiger partial charge in [-0.05, 0) is 17.8 Å². The van der Waals surface area contributed by atoms with Gasteiger partial charge in [0.2, 0.25) is 17.6 Å². The largest absolute Gasteiger partial charge is 0.349 e. The van der Waals surface area contributed by atoms with Gasteiger partial charge in [0.05, 0.1) is 6.04 Å². The van der Waals surface area contributed by atoms with Crippen LogP contribution in [0, 0.1) is 11.3 Å². The van der Waals surface area contributed by atoms with Crippen LogP contribution < -0.4 is 16.0 Å². The summed E-state index contributed by atoms with van der Waals surface area (Å²) in [6, 6.07) is -1.56. The summed E-state index contributed by atoms with van der Waals surface area (Å²) in [6.07, 6.45) is 0.658. The van der Waals surface area contributed by atoms with Gasteiger partial charge in [-0.15, -0.1) is 0 Å². The van der Waals surface area contributed by atoms with Crippen LogP contribution in [0.25, 0.3) is 0 Å². The molecule has 0 radical (unpaired) electrons. The van der Waals surface area contributed by atoms with Crippen molar-refractivity contribution in [2.24, 2.45) is 11.3 Å². The lowest BCUT2D eigenvalue weighted by molar-refractivity contribution is -0.142. The molecule has 0 spiro atoms. The van der Waals surface area contributed by atoms with E-state index in [1.807, 2.05) is 34.6 Å². The van der Waals surface area contributed by atoms with Gasteiger partial charge in [0, 0.05) is 13.0 Å². The van der Waals surface area contributed by atoms with Gasteiger partial charge in [-0.2, -0.15) is 0 Å². The number of Topliss-reactive ketones (excluding diaryl/α,β-unsaturated/α-hetero) is 1. The molecule has 1 saturated heterocycles. The Morgan fingerprint density at radius 1 is 1.26 bits per heavy atom. The molecule has 23 heavy (non-hydrogen) atoms. The Morgan fingerprint density at radius 3 is 2.39 bits per heavy atom. The molecule has 1 aliphatic heterocycles. The summed E-state index contributed by atoms with van der Waals surface area (Å²) < 4.78 is 0. The highest BCUT2D eigenvalue weighted by Crippen LogP contribution is 2.18. The second-order valence-corrected chi connectivity index (χ2v) is 7.50. The number of nitrogens with one attached hydrogen (secondary N) is 3. The summed E-state index contributed by atoms with van der Waals surface area (Å²) in [6.45, 7) is 9.80. The van der Waals surface area contributed by atoms with E-state index in [-0.39, 0.29) is 17.2 Å². The maximum atomic E-state index is 12.4. The lowest BCUT2D eigenvalue weighted by Gasteiger charge is -2.27. The average Bonchev–Trinajstić information content (AvgIpc) is 2.39. The van der Waals surface area contributed by atoms with Crippen molar-refractivity contribution >= 4 is 23.5 Å². The SMILES string of the molecule is CC(C)C(NC(=O)CC(C)(C)C)C(=O)NC1CCNC(=O)C1=O. The number of hydrogen-bond donors (Lipinski definition) is 3. The fourth-order valence-corrected chi connectivity index (χ4v) is 2.35. The van der Waals surface area contributed by atoms with E-state index in [1.54, 1.807) is 0 Å². The Labute approximate surface area is 137 Å². The molecule has 130 valence electrons. The smallest absolute Gasteiger partial charge is 0.289 e. The Kier molecular flexibility index (Phi) is 6.29. The topological polar surface area (TPSA) is 104 Å². The summed E-state index contributed by atoms with van der Waals surface area (Å²) in [5.74, 6) is -2.10. The normalized spacial score (nSPS) is 20.0. The molecule has 1 fully saturated rings. The minimum Gasteiger partial charge on any atom is -0.349 e. The quantitative estimate of drug-likeness (QED) is 0.625. The molecule has 3 N–H and O–H groups in total. The van der Waals surface area contributed by atoms with Gasteiger partial charge in [-0.25, -0.2) is 0 Å². The van der Waals surface area contributed by atoms with Crippen molar-refractivity contribution in [1.82, 2.24) is 16.0 Å². The van der Waals surface area contributed by atoms with Gasteiger partial charge >= 0.3 is 0 Å². The minimum absolute atomic E-state index is 0.133. The molecule has 0 aromatic heterocycles. The fraction of sp³-hybridized carbons (Fsp3) is 0.750. The third-order valence-electron chi connectivity index (χ3n) is 3.53. The standard InChI is InChI=1S/C16H27N3O4/c1-9(2)12(19-11(20)8-16(3,4)5)14(22)18-10-6-7-17-15(23)13(10)21/h9-10,12H,6-8H2,1-5H3,(H,17,23)(H,18,22)(H,19,20). The molecular weight excluding hydrogens is 298 g/mol. The third-order valence-corrected chi connectivity index (χ3v) is 3.53. The lowest BCUT2D eigenvalue weighted by Crippen LogP contribution is -2.58. The number of amides is 3. The van der Waals surface area contributed by atoms with Crippen molar-refractivity contribution in [3.05, 3.63) is 0 Å². The summed E-state index contributed by atoms with van der Waals surface area (Å²) in [4.78, 5) is 47.6. The van der Waals surface area contributed by atoms with Crippen molar-refractivity contribution in [3.8, 4) is 0 Å². The number of rotatable bonds is 5. The predicted octanol–water partition coefficient (Wildman–Crippen LogP) is 0.137. The first-order valence-electron chi connectivity index (χ1n) is 7.93. The third kappa shape index (κ3) is 6.00. The number of ketones is 1. The Balaban J connectivity index is 2.69. The van der Waals surface area contributed by atoms with Crippen LogP contribution in [0.4, 0.5) is 0 Å². The first-order chi connectivity index (χ1) is 10.5. The van der Waals surface area contributed by atoms with E-state index in [0.29, 0.717) is 19.4 Å². The monoisotopic (exact) mass is 325 g/mol. The molecule has 7 nitrogen and oxygen atoms in total. The molecule has 2 atom stereocenters. The molecule has 0 saturated carbocycles. The van der Waals surface area contributed by atoms with Crippen molar-refractivity contribution in [2.45, 2.75) is 59.5 Å². The van der Waals surface area contributed by atoms with Crippen molar-refractivity contribution < 1.29 is 19.2 Å². The van der Waals surface area contributed by atoms with Crippen LogP contribution in [-0.4, -0.2) is 42.1 Å². The summed E-state index contributed by atoms with van der Waals surface area (Å²) in [5.41, 5.74) is -0.181. The van der Waals surface area contributed by atoms with Gasteiger partial charge < -0.3 is 16.0 Å². The van der Waals surface area contributed by atoms with Gasteiger partial charge in [0.15, 0.2) is 0 Å². The highest BCUT2D eigenvalue weighted by molar-refractivity contribution is 6.39. The highest BCUT2D eigenvalue weighted by Gasteiger charge is 2.33. The van der Waals surface area contributed by atoms with E-state index in [0.717, 1.165) is 0 Å². The number of hydrogen-bond acceptors (Lipinski definition) is 4. The first-order valence-corrected chi connectivity index (χ1v) is 7.93. The molecule has 1 rings (SSSR count). The van der Waals surface area contributed by atoms with Crippen LogP contribution in [0.2, 0.25) is 0 Å². The van der Waals surface area contributed by atoms with Gasteiger partial charge in [0.25, 0.3) is 5.91 Å². The number of carbonyl (C=O) groups excluding carboxylic acids is 4. The lowest BCUT2D eigenvalue weighted by atomic mass is 9.91. The molecule has 1 aliphatic rings. The molecule has 1 heterocycles.